The van der Waals surface area contributed by atoms with Crippen molar-refractivity contribution >= 4 is 13.4 Å². The minimum Gasteiger partial charge on any atom is -0.324 e. The minimum atomic E-state index is -3.90. The molecule has 0 aliphatic carbocycles. The number of carbonyl (C=O) groups excluding carboxylic acids is 1. The smallest absolute Gasteiger partial charge is 0.324 e. The largest absolute Gasteiger partial charge is 0.339 e. The van der Waals surface area contributed by atoms with Crippen LogP contribution in [0.15, 0.2) is 12.2 Å². The second-order valence-electron chi connectivity index (χ2n) is 5.60. The Kier molecular flexibility index (Phi) is 11.8. The van der Waals surface area contributed by atoms with Crippen LogP contribution in [0.5, 0.6) is 0 Å². The van der Waals surface area contributed by atoms with Gasteiger partial charge in [0.05, 0.1) is 6.29 Å². The monoisotopic (exact) mass is 319 g/mol. The molecule has 0 rings (SSSR count). The Morgan fingerprint density at radius 1 is 1.00 bits per heavy atom. The lowest BCUT2D eigenvalue weighted by molar-refractivity contribution is -0.115. The van der Waals surface area contributed by atoms with E-state index in [1.54, 1.807) is 6.92 Å². The number of unbranched alkanes of at least 4 members (excludes halogenated alkanes) is 7. The highest BCUT2D eigenvalue weighted by Gasteiger charge is 2.10. The molecule has 0 aliphatic heterocycles. The summed E-state index contributed by atoms with van der Waals surface area (Å²) in [6, 6.07) is 0. The first-order valence-corrected chi connectivity index (χ1v) is 9.56. The fourth-order valence-corrected chi connectivity index (χ4v) is 2.48. The molecule has 0 bridgehead atoms. The van der Waals surface area contributed by atoms with Crippen LogP contribution in [0.2, 0.25) is 0 Å². The molecular formula is C15H30NO4P. The predicted octanol–water partition coefficient (Wildman–Crippen LogP) is 3.37. The van der Waals surface area contributed by atoms with Crippen LogP contribution in [0.3, 0.4) is 0 Å². The van der Waals surface area contributed by atoms with Gasteiger partial charge in [-0.3, -0.25) is 9.36 Å². The summed E-state index contributed by atoms with van der Waals surface area (Å²) in [5.74, 6) is 0.179. The Labute approximate surface area is 128 Å². The highest BCUT2D eigenvalue weighted by molar-refractivity contribution is 7.51. The maximum Gasteiger partial charge on any atom is 0.339 e. The highest BCUT2D eigenvalue weighted by atomic mass is 31.2. The van der Waals surface area contributed by atoms with Crippen molar-refractivity contribution in [2.75, 3.05) is 12.8 Å². The van der Waals surface area contributed by atoms with Crippen molar-refractivity contribution in [2.45, 2.75) is 64.7 Å². The van der Waals surface area contributed by atoms with E-state index in [4.69, 9.17) is 9.79 Å². The van der Waals surface area contributed by atoms with Crippen molar-refractivity contribution in [1.29, 1.82) is 0 Å². The Balaban J connectivity index is 3.18. The molecule has 0 spiro atoms. The van der Waals surface area contributed by atoms with E-state index in [1.807, 2.05) is 0 Å². The van der Waals surface area contributed by atoms with Crippen LogP contribution in [0.1, 0.15) is 64.7 Å². The number of rotatable bonds is 14. The molecule has 5 nitrogen and oxygen atoms in total. The summed E-state index contributed by atoms with van der Waals surface area (Å²) in [6.07, 6.45) is 9.19. The average Bonchev–Trinajstić information content (AvgIpc) is 2.38. The normalized spacial score (nSPS) is 11.6. The molecule has 0 amide bonds. The zero-order chi connectivity index (χ0) is 16.1. The summed E-state index contributed by atoms with van der Waals surface area (Å²) < 4.78 is 10.6. The Hall–Kier alpha value is -0.480. The first-order valence-electron chi connectivity index (χ1n) is 7.77. The van der Waals surface area contributed by atoms with Gasteiger partial charge in [0.25, 0.3) is 0 Å². The molecule has 0 aromatic heterocycles. The third kappa shape index (κ3) is 15.7. The number of Topliss-reactive ketones (excluding diaryl/α,β-unsaturated/α-hetero) is 1. The predicted molar refractivity (Wildman–Crippen MR) is 86.3 cm³/mol. The van der Waals surface area contributed by atoms with E-state index >= 15 is 0 Å². The first-order chi connectivity index (χ1) is 9.83. The Bertz CT molecular complexity index is 352. The van der Waals surface area contributed by atoms with Crippen LogP contribution < -0.4 is 5.32 Å². The number of ketones is 1. The molecule has 6 heteroatoms. The van der Waals surface area contributed by atoms with Crippen LogP contribution >= 0.6 is 7.60 Å². The van der Waals surface area contributed by atoms with Gasteiger partial charge in [-0.25, -0.2) is 0 Å². The third-order valence-electron chi connectivity index (χ3n) is 3.30. The van der Waals surface area contributed by atoms with Crippen molar-refractivity contribution in [3.8, 4) is 0 Å². The van der Waals surface area contributed by atoms with Gasteiger partial charge in [0.2, 0.25) is 0 Å². The van der Waals surface area contributed by atoms with Gasteiger partial charge in [0.15, 0.2) is 5.78 Å². The van der Waals surface area contributed by atoms with Gasteiger partial charge in [0.1, 0.15) is 0 Å². The lowest BCUT2D eigenvalue weighted by Gasteiger charge is -2.06. The van der Waals surface area contributed by atoms with Gasteiger partial charge in [0, 0.05) is 6.42 Å². The standard InChI is InChI=1S/C15H30NO4P/c1-14(2)15(17)11-9-7-5-3-4-6-8-10-12-16-13-21(18,19)20/h16H,1,3-13H2,2H3,(H2,18,19,20). The summed E-state index contributed by atoms with van der Waals surface area (Å²) in [5, 5.41) is 2.76. The van der Waals surface area contributed by atoms with Crippen LogP contribution in [0, 0.1) is 0 Å². The number of nitrogens with one attached hydrogen (secondary N) is 1. The summed E-state index contributed by atoms with van der Waals surface area (Å²) in [7, 11) is -3.90. The van der Waals surface area contributed by atoms with E-state index in [9.17, 15) is 9.36 Å². The summed E-state index contributed by atoms with van der Waals surface area (Å²) in [4.78, 5) is 28.6. The van der Waals surface area contributed by atoms with Crippen molar-refractivity contribution < 1.29 is 19.1 Å². The zero-order valence-corrected chi connectivity index (χ0v) is 14.0. The molecule has 0 unspecified atom stereocenters. The molecule has 21 heavy (non-hydrogen) atoms. The molecule has 0 aromatic rings. The van der Waals surface area contributed by atoms with Gasteiger partial charge in [-0.2, -0.15) is 0 Å². The number of hydrogen-bond donors (Lipinski definition) is 3. The summed E-state index contributed by atoms with van der Waals surface area (Å²) in [6.45, 7) is 6.06. The maximum absolute atomic E-state index is 11.3. The maximum atomic E-state index is 11.3. The van der Waals surface area contributed by atoms with E-state index in [2.05, 4.69) is 11.9 Å². The first kappa shape index (κ1) is 20.5. The second kappa shape index (κ2) is 12.1. The molecule has 0 atom stereocenters. The summed E-state index contributed by atoms with van der Waals surface area (Å²) in [5.41, 5.74) is 0.655. The number of carbonyl (C=O) groups is 1. The molecule has 3 N–H and O–H groups in total. The van der Waals surface area contributed by atoms with Crippen molar-refractivity contribution in [3.05, 3.63) is 12.2 Å². The van der Waals surface area contributed by atoms with Crippen LogP contribution in [-0.4, -0.2) is 28.4 Å². The molecular weight excluding hydrogens is 289 g/mol. The molecule has 0 heterocycles. The summed E-state index contributed by atoms with van der Waals surface area (Å²) >= 11 is 0. The fraction of sp³-hybridized carbons (Fsp3) is 0.800. The lowest BCUT2D eigenvalue weighted by Crippen LogP contribution is -2.16. The SMILES string of the molecule is C=C(C)C(=O)CCCCCCCCCCNCP(=O)(O)O. The minimum absolute atomic E-state index is 0.179. The molecule has 0 fully saturated rings. The molecule has 124 valence electrons. The number of hydrogen-bond acceptors (Lipinski definition) is 3. The Morgan fingerprint density at radius 3 is 1.95 bits per heavy atom. The topological polar surface area (TPSA) is 86.6 Å². The van der Waals surface area contributed by atoms with Gasteiger partial charge in [-0.05, 0) is 31.9 Å². The quantitative estimate of drug-likeness (QED) is 0.260. The fourth-order valence-electron chi connectivity index (χ4n) is 2.03. The Morgan fingerprint density at radius 2 is 1.48 bits per heavy atom. The molecule has 0 aliphatic rings. The van der Waals surface area contributed by atoms with Crippen molar-refractivity contribution in [2.24, 2.45) is 0 Å². The molecule has 0 radical (unpaired) electrons. The van der Waals surface area contributed by atoms with Gasteiger partial charge in [-0.15, -0.1) is 0 Å². The average molecular weight is 319 g/mol. The van der Waals surface area contributed by atoms with E-state index in [-0.39, 0.29) is 12.1 Å². The van der Waals surface area contributed by atoms with E-state index < -0.39 is 7.60 Å². The van der Waals surface area contributed by atoms with E-state index in [0.717, 1.165) is 32.1 Å². The van der Waals surface area contributed by atoms with Crippen LogP contribution in [-0.2, 0) is 9.36 Å². The van der Waals surface area contributed by atoms with Crippen LogP contribution in [0.25, 0.3) is 0 Å². The van der Waals surface area contributed by atoms with Crippen LogP contribution in [0.4, 0.5) is 0 Å². The zero-order valence-electron chi connectivity index (χ0n) is 13.1. The van der Waals surface area contributed by atoms with Gasteiger partial charge >= 0.3 is 7.60 Å². The van der Waals surface area contributed by atoms with E-state index in [1.165, 1.54) is 19.3 Å². The van der Waals surface area contributed by atoms with Crippen molar-refractivity contribution in [1.82, 2.24) is 5.32 Å². The van der Waals surface area contributed by atoms with Gasteiger partial charge < -0.3 is 15.1 Å². The number of allylic oxidation sites excluding steroid dienone is 1. The third-order valence-corrected chi connectivity index (χ3v) is 3.94. The molecule has 0 aromatic carbocycles. The lowest BCUT2D eigenvalue weighted by atomic mass is 10.0. The second-order valence-corrected chi connectivity index (χ2v) is 7.25. The van der Waals surface area contributed by atoms with E-state index in [0.29, 0.717) is 18.5 Å². The van der Waals surface area contributed by atoms with Gasteiger partial charge in [-0.1, -0.05) is 45.1 Å². The van der Waals surface area contributed by atoms with Crippen molar-refractivity contribution in [3.63, 3.8) is 0 Å². The molecule has 0 saturated carbocycles. The molecule has 0 saturated heterocycles. The highest BCUT2D eigenvalue weighted by Crippen LogP contribution is 2.31.